The third-order valence-corrected chi connectivity index (χ3v) is 5.10. The first-order valence-electron chi connectivity index (χ1n) is 8.30. The largest absolute Gasteiger partial charge is 0.507 e. The zero-order chi connectivity index (χ0) is 18.7. The summed E-state index contributed by atoms with van der Waals surface area (Å²) in [5.41, 5.74) is 3.47. The minimum Gasteiger partial charge on any atom is -0.507 e. The van der Waals surface area contributed by atoms with E-state index in [2.05, 4.69) is 21.3 Å². The summed E-state index contributed by atoms with van der Waals surface area (Å²) in [6.07, 6.45) is 0. The fraction of sp³-hybridized carbons (Fsp3) is 0.200. The van der Waals surface area contributed by atoms with Crippen LogP contribution in [0.25, 0.3) is 11.3 Å². The van der Waals surface area contributed by atoms with E-state index >= 15 is 0 Å². The maximum absolute atomic E-state index is 10.1. The molecule has 1 aromatic heterocycles. The SMILES string of the molecule is CC(=Nn1c(-c2ccc(Br)cc2)csc1=NC(C)C)c1ccccc1O. The molecule has 0 atom stereocenters. The summed E-state index contributed by atoms with van der Waals surface area (Å²) in [6.45, 7) is 5.98. The van der Waals surface area contributed by atoms with Crippen LogP contribution in [0.2, 0.25) is 0 Å². The van der Waals surface area contributed by atoms with E-state index in [1.54, 1.807) is 23.5 Å². The fourth-order valence-electron chi connectivity index (χ4n) is 2.51. The van der Waals surface area contributed by atoms with Gasteiger partial charge >= 0.3 is 0 Å². The summed E-state index contributed by atoms with van der Waals surface area (Å²) in [6, 6.07) is 15.5. The second-order valence-corrected chi connectivity index (χ2v) is 7.90. The first-order valence-corrected chi connectivity index (χ1v) is 9.97. The van der Waals surface area contributed by atoms with E-state index in [0.29, 0.717) is 5.56 Å². The van der Waals surface area contributed by atoms with Crippen molar-refractivity contribution in [1.29, 1.82) is 0 Å². The molecule has 4 nitrogen and oxygen atoms in total. The summed E-state index contributed by atoms with van der Waals surface area (Å²) in [5.74, 6) is 0.220. The van der Waals surface area contributed by atoms with Crippen molar-refractivity contribution in [2.24, 2.45) is 10.1 Å². The van der Waals surface area contributed by atoms with Crippen molar-refractivity contribution in [3.63, 3.8) is 0 Å². The Morgan fingerprint density at radius 1 is 1.12 bits per heavy atom. The number of hydrogen-bond donors (Lipinski definition) is 1. The molecule has 0 saturated carbocycles. The van der Waals surface area contributed by atoms with Crippen molar-refractivity contribution in [3.05, 3.63) is 68.7 Å². The smallest absolute Gasteiger partial charge is 0.206 e. The lowest BCUT2D eigenvalue weighted by Crippen LogP contribution is -2.16. The normalized spacial score (nSPS) is 12.8. The highest BCUT2D eigenvalue weighted by Gasteiger charge is 2.10. The van der Waals surface area contributed by atoms with Gasteiger partial charge in [-0.2, -0.15) is 5.10 Å². The number of halogens is 1. The van der Waals surface area contributed by atoms with Gasteiger partial charge in [0.05, 0.1) is 11.4 Å². The Morgan fingerprint density at radius 2 is 1.81 bits per heavy atom. The van der Waals surface area contributed by atoms with E-state index in [4.69, 9.17) is 10.1 Å². The van der Waals surface area contributed by atoms with Crippen LogP contribution < -0.4 is 4.80 Å². The van der Waals surface area contributed by atoms with Gasteiger partial charge in [0.1, 0.15) is 5.75 Å². The van der Waals surface area contributed by atoms with Crippen LogP contribution >= 0.6 is 27.3 Å². The Bertz CT molecular complexity index is 1000. The van der Waals surface area contributed by atoms with Crippen LogP contribution in [-0.4, -0.2) is 21.5 Å². The Hall–Kier alpha value is -2.18. The summed E-state index contributed by atoms with van der Waals surface area (Å²) in [4.78, 5) is 5.52. The molecule has 3 rings (SSSR count). The van der Waals surface area contributed by atoms with Crippen LogP contribution in [0.15, 0.2) is 68.5 Å². The van der Waals surface area contributed by atoms with Crippen molar-refractivity contribution < 1.29 is 5.11 Å². The van der Waals surface area contributed by atoms with Gasteiger partial charge in [-0.05, 0) is 45.0 Å². The number of nitrogens with zero attached hydrogens (tertiary/aromatic N) is 3. The van der Waals surface area contributed by atoms with Crippen LogP contribution in [0, 0.1) is 0 Å². The number of aromatic hydroxyl groups is 1. The van der Waals surface area contributed by atoms with Crippen LogP contribution in [-0.2, 0) is 0 Å². The van der Waals surface area contributed by atoms with E-state index < -0.39 is 0 Å². The molecule has 0 radical (unpaired) electrons. The lowest BCUT2D eigenvalue weighted by Gasteiger charge is -2.08. The van der Waals surface area contributed by atoms with E-state index in [9.17, 15) is 5.11 Å². The number of phenolic OH excluding ortho intramolecular Hbond substituents is 1. The first kappa shape index (κ1) is 18.6. The second kappa shape index (κ2) is 8.01. The van der Waals surface area contributed by atoms with E-state index in [-0.39, 0.29) is 11.8 Å². The molecule has 3 aromatic rings. The Kier molecular flexibility index (Phi) is 5.74. The summed E-state index contributed by atoms with van der Waals surface area (Å²) in [5, 5.41) is 17.0. The van der Waals surface area contributed by atoms with Crippen LogP contribution in [0.4, 0.5) is 0 Å². The highest BCUT2D eigenvalue weighted by atomic mass is 79.9. The van der Waals surface area contributed by atoms with Crippen LogP contribution in [0.1, 0.15) is 26.3 Å². The molecule has 0 aliphatic carbocycles. The van der Waals surface area contributed by atoms with Gasteiger partial charge in [-0.3, -0.25) is 4.99 Å². The Labute approximate surface area is 165 Å². The summed E-state index contributed by atoms with van der Waals surface area (Å²) < 4.78 is 2.89. The Morgan fingerprint density at radius 3 is 2.46 bits per heavy atom. The highest BCUT2D eigenvalue weighted by molar-refractivity contribution is 9.10. The molecular weight excluding hydrogens is 410 g/mol. The van der Waals surface area contributed by atoms with Gasteiger partial charge in [0.25, 0.3) is 0 Å². The van der Waals surface area contributed by atoms with Gasteiger partial charge in [0.15, 0.2) is 0 Å². The molecule has 0 amide bonds. The number of benzene rings is 2. The average Bonchev–Trinajstić information content (AvgIpc) is 2.97. The van der Waals surface area contributed by atoms with Crippen LogP contribution in [0.5, 0.6) is 5.75 Å². The van der Waals surface area contributed by atoms with Crippen LogP contribution in [0.3, 0.4) is 0 Å². The van der Waals surface area contributed by atoms with Crippen molar-refractivity contribution in [3.8, 4) is 17.0 Å². The molecule has 0 aliphatic rings. The number of hydrogen-bond acceptors (Lipinski definition) is 4. The lowest BCUT2D eigenvalue weighted by molar-refractivity contribution is 0.474. The molecule has 1 N–H and O–H groups in total. The van der Waals surface area contributed by atoms with E-state index in [1.807, 2.05) is 61.8 Å². The van der Waals surface area contributed by atoms with E-state index in [0.717, 1.165) is 26.2 Å². The van der Waals surface area contributed by atoms with Gasteiger partial charge in [-0.15, -0.1) is 11.3 Å². The monoisotopic (exact) mass is 429 g/mol. The molecule has 2 aromatic carbocycles. The first-order chi connectivity index (χ1) is 12.5. The Balaban J connectivity index is 2.18. The second-order valence-electron chi connectivity index (χ2n) is 6.15. The van der Waals surface area contributed by atoms with Gasteiger partial charge < -0.3 is 5.11 Å². The molecule has 134 valence electrons. The third-order valence-electron chi connectivity index (χ3n) is 3.74. The predicted octanol–water partition coefficient (Wildman–Crippen LogP) is 5.27. The summed E-state index contributed by atoms with van der Waals surface area (Å²) in [7, 11) is 0. The molecule has 0 fully saturated rings. The zero-order valence-corrected chi connectivity index (χ0v) is 17.3. The number of thiazole rings is 1. The third kappa shape index (κ3) is 4.14. The molecule has 0 unspecified atom stereocenters. The lowest BCUT2D eigenvalue weighted by atomic mass is 10.1. The highest BCUT2D eigenvalue weighted by Crippen LogP contribution is 2.23. The molecule has 0 saturated heterocycles. The predicted molar refractivity (Wildman–Crippen MR) is 112 cm³/mol. The van der Waals surface area contributed by atoms with Crippen molar-refractivity contribution >= 4 is 33.0 Å². The van der Waals surface area contributed by atoms with E-state index in [1.165, 1.54) is 0 Å². The topological polar surface area (TPSA) is 49.9 Å². The molecule has 26 heavy (non-hydrogen) atoms. The van der Waals surface area contributed by atoms with Crippen molar-refractivity contribution in [1.82, 2.24) is 4.68 Å². The number of rotatable bonds is 4. The molecule has 0 bridgehead atoms. The molecule has 1 heterocycles. The fourth-order valence-corrected chi connectivity index (χ4v) is 3.74. The molecule has 0 aliphatic heterocycles. The number of para-hydroxylation sites is 1. The molecule has 6 heteroatoms. The quantitative estimate of drug-likeness (QED) is 0.564. The minimum absolute atomic E-state index is 0.165. The summed E-state index contributed by atoms with van der Waals surface area (Å²) >= 11 is 5.04. The van der Waals surface area contributed by atoms with Gasteiger partial charge in [0, 0.05) is 27.0 Å². The maximum atomic E-state index is 10.1. The van der Waals surface area contributed by atoms with Gasteiger partial charge in [0.2, 0.25) is 4.80 Å². The maximum Gasteiger partial charge on any atom is 0.206 e. The van der Waals surface area contributed by atoms with Gasteiger partial charge in [-0.25, -0.2) is 4.68 Å². The zero-order valence-electron chi connectivity index (χ0n) is 14.8. The van der Waals surface area contributed by atoms with Crippen molar-refractivity contribution in [2.45, 2.75) is 26.8 Å². The van der Waals surface area contributed by atoms with Crippen molar-refractivity contribution in [2.75, 3.05) is 0 Å². The average molecular weight is 430 g/mol. The standard InChI is InChI=1S/C20H20BrN3OS/c1-13(2)22-20-24(23-14(3)17-6-4-5-7-19(17)25)18(12-26-20)15-8-10-16(21)11-9-15/h4-13,25H,1-3H3. The molecular formula is C20H20BrN3OS. The minimum atomic E-state index is 0.165. The molecule has 0 spiro atoms. The number of aromatic nitrogens is 1. The number of phenols is 1. The van der Waals surface area contributed by atoms with Gasteiger partial charge in [-0.1, -0.05) is 40.2 Å².